The molecule has 7 nitrogen and oxygen atoms in total. The largest absolute Gasteiger partial charge is 0.481 e. The fourth-order valence-electron chi connectivity index (χ4n) is 3.20. The Kier molecular flexibility index (Phi) is 5.98. The summed E-state index contributed by atoms with van der Waals surface area (Å²) >= 11 is 1.53. The van der Waals surface area contributed by atoms with E-state index in [9.17, 15) is 14.7 Å². The van der Waals surface area contributed by atoms with Crippen molar-refractivity contribution >= 4 is 35.2 Å². The first-order chi connectivity index (χ1) is 13.2. The standard InChI is InChI=1S/C20H29N3O4S/c1-19(2,3)27-18(26)23(14-9-10-14)11-6-12-28-20(13-17(24)25)21-15-7-4-5-8-16(15)22-20/h4-5,7-8,14,21-22H,6,9-13H2,1-3H3,(H,24,25). The third-order valence-electron chi connectivity index (χ3n) is 4.51. The van der Waals surface area contributed by atoms with Crippen LogP contribution in [-0.4, -0.2) is 51.0 Å². The summed E-state index contributed by atoms with van der Waals surface area (Å²) in [6.07, 6.45) is 2.50. The van der Waals surface area contributed by atoms with E-state index in [-0.39, 0.29) is 18.6 Å². The van der Waals surface area contributed by atoms with Crippen molar-refractivity contribution in [2.45, 2.75) is 63.1 Å². The van der Waals surface area contributed by atoms with Gasteiger partial charge in [-0.2, -0.15) is 0 Å². The Hall–Kier alpha value is -2.09. The van der Waals surface area contributed by atoms with Crippen molar-refractivity contribution in [2.24, 2.45) is 0 Å². The number of thioether (sulfide) groups is 1. The molecule has 0 aromatic heterocycles. The quantitative estimate of drug-likeness (QED) is 0.557. The highest BCUT2D eigenvalue weighted by molar-refractivity contribution is 8.00. The van der Waals surface area contributed by atoms with E-state index in [1.54, 1.807) is 0 Å². The van der Waals surface area contributed by atoms with Crippen LogP contribution in [0.4, 0.5) is 16.2 Å². The average molecular weight is 408 g/mol. The van der Waals surface area contributed by atoms with Crippen LogP contribution in [0, 0.1) is 0 Å². The van der Waals surface area contributed by atoms with Crippen LogP contribution in [0.3, 0.4) is 0 Å². The van der Waals surface area contributed by atoms with E-state index in [4.69, 9.17) is 4.74 Å². The lowest BCUT2D eigenvalue weighted by Gasteiger charge is -2.30. The molecular formula is C20H29N3O4S. The van der Waals surface area contributed by atoms with Gasteiger partial charge in [-0.05, 0) is 57.9 Å². The van der Waals surface area contributed by atoms with Crippen molar-refractivity contribution in [3.05, 3.63) is 24.3 Å². The molecule has 8 heteroatoms. The Bertz CT molecular complexity index is 705. The van der Waals surface area contributed by atoms with Gasteiger partial charge in [-0.1, -0.05) is 12.1 Å². The van der Waals surface area contributed by atoms with Crippen molar-refractivity contribution in [3.8, 4) is 0 Å². The number of rotatable bonds is 8. The van der Waals surface area contributed by atoms with Crippen LogP contribution >= 0.6 is 11.8 Å². The summed E-state index contributed by atoms with van der Waals surface area (Å²) in [4.78, 5) is 24.9. The fraction of sp³-hybridized carbons (Fsp3) is 0.600. The molecule has 0 saturated heterocycles. The molecule has 0 radical (unpaired) electrons. The summed E-state index contributed by atoms with van der Waals surface area (Å²) in [5.74, 6) is -0.151. The van der Waals surface area contributed by atoms with Gasteiger partial charge in [0.15, 0.2) is 4.99 Å². The Balaban J connectivity index is 1.54. The molecule has 1 aromatic carbocycles. The average Bonchev–Trinajstić information content (AvgIpc) is 3.33. The van der Waals surface area contributed by atoms with Gasteiger partial charge >= 0.3 is 12.1 Å². The zero-order chi connectivity index (χ0) is 20.4. The molecule has 0 unspecified atom stereocenters. The number of amides is 1. The van der Waals surface area contributed by atoms with E-state index < -0.39 is 16.6 Å². The molecule has 3 N–H and O–H groups in total. The van der Waals surface area contributed by atoms with Crippen LogP contribution in [0.15, 0.2) is 24.3 Å². The number of fused-ring (bicyclic) bond motifs is 1. The Labute approximate surface area is 170 Å². The van der Waals surface area contributed by atoms with Crippen LogP contribution in [-0.2, 0) is 9.53 Å². The monoisotopic (exact) mass is 407 g/mol. The summed E-state index contributed by atoms with van der Waals surface area (Å²) < 4.78 is 5.52. The van der Waals surface area contributed by atoms with Crippen LogP contribution in [0.1, 0.15) is 46.5 Å². The summed E-state index contributed by atoms with van der Waals surface area (Å²) in [5, 5.41) is 16.0. The molecule has 28 heavy (non-hydrogen) atoms. The lowest BCUT2D eigenvalue weighted by molar-refractivity contribution is -0.137. The minimum Gasteiger partial charge on any atom is -0.481 e. The van der Waals surface area contributed by atoms with Gasteiger partial charge in [-0.25, -0.2) is 4.79 Å². The van der Waals surface area contributed by atoms with Crippen LogP contribution in [0.5, 0.6) is 0 Å². The van der Waals surface area contributed by atoms with E-state index in [2.05, 4.69) is 10.6 Å². The Morgan fingerprint density at radius 2 is 1.86 bits per heavy atom. The first kappa shape index (κ1) is 20.6. The predicted molar refractivity (Wildman–Crippen MR) is 112 cm³/mol. The topological polar surface area (TPSA) is 90.9 Å². The van der Waals surface area contributed by atoms with Crippen LogP contribution in [0.2, 0.25) is 0 Å². The molecule has 1 aliphatic carbocycles. The molecule has 3 rings (SSSR count). The van der Waals surface area contributed by atoms with E-state index in [0.717, 1.165) is 30.6 Å². The normalized spacial score (nSPS) is 17.2. The second-order valence-electron chi connectivity index (χ2n) is 8.30. The maximum Gasteiger partial charge on any atom is 0.410 e. The molecule has 0 bridgehead atoms. The Morgan fingerprint density at radius 1 is 1.25 bits per heavy atom. The third kappa shape index (κ3) is 5.47. The molecular weight excluding hydrogens is 378 g/mol. The van der Waals surface area contributed by atoms with E-state index in [1.165, 1.54) is 11.8 Å². The number of carbonyl (C=O) groups is 2. The maximum absolute atomic E-state index is 12.4. The van der Waals surface area contributed by atoms with Crippen molar-refractivity contribution < 1.29 is 19.4 Å². The zero-order valence-corrected chi connectivity index (χ0v) is 17.5. The molecule has 154 valence electrons. The molecule has 2 aliphatic rings. The number of hydrogen-bond acceptors (Lipinski definition) is 6. The lowest BCUT2D eigenvalue weighted by atomic mass is 10.2. The molecule has 1 heterocycles. The number of nitrogens with zero attached hydrogens (tertiary/aromatic N) is 1. The van der Waals surface area contributed by atoms with Gasteiger partial charge in [0.2, 0.25) is 0 Å². The number of aliphatic carboxylic acids is 1. The Morgan fingerprint density at radius 3 is 2.36 bits per heavy atom. The SMILES string of the molecule is CC(C)(C)OC(=O)N(CCCSC1(CC(=O)O)Nc2ccccc2N1)C1CC1. The van der Waals surface area contributed by atoms with Crippen molar-refractivity contribution in [3.63, 3.8) is 0 Å². The van der Waals surface area contributed by atoms with Crippen LogP contribution < -0.4 is 10.6 Å². The van der Waals surface area contributed by atoms with Crippen molar-refractivity contribution in [1.82, 2.24) is 4.90 Å². The van der Waals surface area contributed by atoms with E-state index in [1.807, 2.05) is 49.9 Å². The number of hydrogen-bond donors (Lipinski definition) is 3. The molecule has 0 spiro atoms. The molecule has 0 atom stereocenters. The van der Waals surface area contributed by atoms with Gasteiger partial charge in [0.05, 0.1) is 17.8 Å². The number of nitrogens with one attached hydrogen (secondary N) is 2. The number of carboxylic acid groups (broad SMARTS) is 1. The second kappa shape index (κ2) is 8.11. The first-order valence-corrected chi connectivity index (χ1v) is 10.7. The fourth-order valence-corrected chi connectivity index (χ4v) is 4.41. The highest BCUT2D eigenvalue weighted by atomic mass is 32.2. The minimum absolute atomic E-state index is 0.0508. The summed E-state index contributed by atoms with van der Waals surface area (Å²) in [6, 6.07) is 7.99. The zero-order valence-electron chi connectivity index (χ0n) is 16.7. The second-order valence-corrected chi connectivity index (χ2v) is 9.69. The van der Waals surface area contributed by atoms with Gasteiger partial charge in [0.25, 0.3) is 0 Å². The van der Waals surface area contributed by atoms with Gasteiger partial charge in [0.1, 0.15) is 5.60 Å². The third-order valence-corrected chi connectivity index (χ3v) is 5.84. The number of anilines is 2. The lowest BCUT2D eigenvalue weighted by Crippen LogP contribution is -2.41. The predicted octanol–water partition coefficient (Wildman–Crippen LogP) is 4.18. The maximum atomic E-state index is 12.4. The van der Waals surface area contributed by atoms with Gasteiger partial charge in [-0.3, -0.25) is 4.79 Å². The smallest absolute Gasteiger partial charge is 0.410 e. The van der Waals surface area contributed by atoms with Crippen LogP contribution in [0.25, 0.3) is 0 Å². The highest BCUT2D eigenvalue weighted by Gasteiger charge is 2.39. The minimum atomic E-state index is -0.867. The molecule has 1 saturated carbocycles. The number of benzene rings is 1. The summed E-state index contributed by atoms with van der Waals surface area (Å²) in [7, 11) is 0. The summed E-state index contributed by atoms with van der Waals surface area (Å²) in [5.41, 5.74) is 1.31. The molecule has 1 fully saturated rings. The highest BCUT2D eigenvalue weighted by Crippen LogP contribution is 2.42. The van der Waals surface area contributed by atoms with Gasteiger partial charge < -0.3 is 25.4 Å². The number of carbonyl (C=O) groups excluding carboxylic acids is 1. The van der Waals surface area contributed by atoms with Gasteiger partial charge in [-0.15, -0.1) is 11.8 Å². The number of ether oxygens (including phenoxy) is 1. The first-order valence-electron chi connectivity index (χ1n) is 9.68. The molecule has 1 aliphatic heterocycles. The van der Waals surface area contributed by atoms with Gasteiger partial charge in [0, 0.05) is 12.6 Å². The molecule has 1 aromatic rings. The number of carboxylic acids is 1. The van der Waals surface area contributed by atoms with E-state index >= 15 is 0 Å². The van der Waals surface area contributed by atoms with Crippen molar-refractivity contribution in [1.29, 1.82) is 0 Å². The number of para-hydroxylation sites is 2. The van der Waals surface area contributed by atoms with Crippen molar-refractivity contribution in [2.75, 3.05) is 22.9 Å². The van der Waals surface area contributed by atoms with E-state index in [0.29, 0.717) is 12.3 Å². The molecule has 1 amide bonds. The summed E-state index contributed by atoms with van der Waals surface area (Å²) in [6.45, 7) is 6.23.